The number of rotatable bonds is 4. The van der Waals surface area contributed by atoms with Gasteiger partial charge in [-0.3, -0.25) is 5.10 Å². The molecule has 2 heterocycles. The van der Waals surface area contributed by atoms with E-state index in [1.807, 2.05) is 13.1 Å². The van der Waals surface area contributed by atoms with Gasteiger partial charge in [-0.25, -0.2) is 4.98 Å². The van der Waals surface area contributed by atoms with Crippen molar-refractivity contribution in [2.24, 2.45) is 0 Å². The van der Waals surface area contributed by atoms with Crippen LogP contribution in [0.3, 0.4) is 0 Å². The molecule has 18 heavy (non-hydrogen) atoms. The van der Waals surface area contributed by atoms with Gasteiger partial charge in [0.2, 0.25) is 0 Å². The van der Waals surface area contributed by atoms with Gasteiger partial charge in [0.1, 0.15) is 5.01 Å². The third kappa shape index (κ3) is 2.27. The van der Waals surface area contributed by atoms with E-state index in [0.717, 1.165) is 34.7 Å². The van der Waals surface area contributed by atoms with Crippen LogP contribution in [-0.4, -0.2) is 15.2 Å². The molecule has 3 aromatic rings. The normalized spacial score (nSPS) is 11.2. The van der Waals surface area contributed by atoms with Gasteiger partial charge >= 0.3 is 0 Å². The van der Waals surface area contributed by atoms with Crippen molar-refractivity contribution in [3.8, 4) is 0 Å². The summed E-state index contributed by atoms with van der Waals surface area (Å²) in [6.45, 7) is 3.65. The van der Waals surface area contributed by atoms with Crippen LogP contribution in [0, 0.1) is 6.92 Å². The molecule has 0 aliphatic heterocycles. The lowest BCUT2D eigenvalue weighted by Crippen LogP contribution is -2.12. The summed E-state index contributed by atoms with van der Waals surface area (Å²) in [6.07, 6.45) is 1.85. The first-order valence-corrected chi connectivity index (χ1v) is 6.73. The molecular weight excluding hydrogens is 244 g/mol. The van der Waals surface area contributed by atoms with Crippen LogP contribution in [0.15, 0.2) is 29.8 Å². The lowest BCUT2D eigenvalue weighted by molar-refractivity contribution is 0.691. The molecule has 0 spiro atoms. The zero-order chi connectivity index (χ0) is 12.4. The van der Waals surface area contributed by atoms with E-state index in [9.17, 15) is 0 Å². The molecule has 92 valence electrons. The molecule has 0 saturated heterocycles. The number of nitrogens with one attached hydrogen (secondary N) is 2. The van der Waals surface area contributed by atoms with Crippen molar-refractivity contribution < 1.29 is 0 Å². The van der Waals surface area contributed by atoms with E-state index in [1.165, 1.54) is 5.56 Å². The van der Waals surface area contributed by atoms with Crippen molar-refractivity contribution in [1.29, 1.82) is 0 Å². The molecule has 0 saturated carbocycles. The van der Waals surface area contributed by atoms with E-state index < -0.39 is 0 Å². The minimum Gasteiger partial charge on any atom is -0.306 e. The summed E-state index contributed by atoms with van der Waals surface area (Å²) >= 11 is 1.70. The van der Waals surface area contributed by atoms with E-state index in [2.05, 4.69) is 44.1 Å². The summed E-state index contributed by atoms with van der Waals surface area (Å²) in [6, 6.07) is 6.23. The standard InChI is InChI=1S/C13H14N4S/c1-9-8-18-12(16-9)7-14-5-10-3-2-4-11-6-15-17-13(10)11/h2-4,6,8,14H,5,7H2,1H3,(H,15,17). The van der Waals surface area contributed by atoms with Crippen LogP contribution in [-0.2, 0) is 13.1 Å². The number of fused-ring (bicyclic) bond motifs is 1. The number of para-hydroxylation sites is 1. The Bertz CT molecular complexity index is 656. The molecule has 3 rings (SSSR count). The molecule has 2 aromatic heterocycles. The third-order valence-corrected chi connectivity index (χ3v) is 3.79. The lowest BCUT2D eigenvalue weighted by atomic mass is 10.1. The Balaban J connectivity index is 1.68. The fraction of sp³-hybridized carbons (Fsp3) is 0.231. The highest BCUT2D eigenvalue weighted by Gasteiger charge is 2.03. The molecule has 0 amide bonds. The maximum Gasteiger partial charge on any atom is 0.107 e. The number of hydrogen-bond donors (Lipinski definition) is 2. The summed E-state index contributed by atoms with van der Waals surface area (Å²) in [5.74, 6) is 0. The SMILES string of the molecule is Cc1csc(CNCc2cccc3cn[nH]c23)n1. The molecule has 1 aromatic carbocycles. The van der Waals surface area contributed by atoms with E-state index in [1.54, 1.807) is 11.3 Å². The quantitative estimate of drug-likeness (QED) is 0.756. The molecule has 2 N–H and O–H groups in total. The fourth-order valence-corrected chi connectivity index (χ4v) is 2.71. The van der Waals surface area contributed by atoms with Gasteiger partial charge < -0.3 is 5.32 Å². The minimum absolute atomic E-state index is 0.809. The largest absolute Gasteiger partial charge is 0.306 e. The highest BCUT2D eigenvalue weighted by atomic mass is 32.1. The summed E-state index contributed by atoms with van der Waals surface area (Å²) < 4.78 is 0. The average molecular weight is 258 g/mol. The van der Waals surface area contributed by atoms with Gasteiger partial charge in [0.05, 0.1) is 11.7 Å². The number of aromatic nitrogens is 3. The maximum atomic E-state index is 4.43. The molecule has 5 heteroatoms. The molecule has 0 unspecified atom stereocenters. The molecule has 0 radical (unpaired) electrons. The molecule has 0 aliphatic rings. The van der Waals surface area contributed by atoms with Crippen molar-refractivity contribution in [2.45, 2.75) is 20.0 Å². The number of thiazole rings is 1. The van der Waals surface area contributed by atoms with Crippen molar-refractivity contribution in [3.63, 3.8) is 0 Å². The Labute approximate surface area is 109 Å². The van der Waals surface area contributed by atoms with Gasteiger partial charge in [-0.2, -0.15) is 5.10 Å². The topological polar surface area (TPSA) is 53.6 Å². The number of aryl methyl sites for hydroxylation is 1. The van der Waals surface area contributed by atoms with Gasteiger partial charge in [-0.05, 0) is 12.5 Å². The molecule has 0 fully saturated rings. The summed E-state index contributed by atoms with van der Waals surface area (Å²) in [4.78, 5) is 4.43. The minimum atomic E-state index is 0.809. The number of benzene rings is 1. The first-order chi connectivity index (χ1) is 8.83. The van der Waals surface area contributed by atoms with Gasteiger partial charge in [0.15, 0.2) is 0 Å². The second-order valence-electron chi connectivity index (χ2n) is 4.24. The zero-order valence-corrected chi connectivity index (χ0v) is 10.9. The first-order valence-electron chi connectivity index (χ1n) is 5.85. The van der Waals surface area contributed by atoms with E-state index in [4.69, 9.17) is 0 Å². The lowest BCUT2D eigenvalue weighted by Gasteiger charge is -2.04. The first kappa shape index (κ1) is 11.4. The van der Waals surface area contributed by atoms with Crippen LogP contribution < -0.4 is 5.32 Å². The Kier molecular flexibility index (Phi) is 3.08. The zero-order valence-electron chi connectivity index (χ0n) is 10.1. The van der Waals surface area contributed by atoms with Gasteiger partial charge in [-0.15, -0.1) is 11.3 Å². The second-order valence-corrected chi connectivity index (χ2v) is 5.18. The number of aromatic amines is 1. The van der Waals surface area contributed by atoms with Gasteiger partial charge in [0, 0.05) is 29.5 Å². The van der Waals surface area contributed by atoms with Crippen LogP contribution in [0.25, 0.3) is 10.9 Å². The third-order valence-electron chi connectivity index (χ3n) is 2.82. The van der Waals surface area contributed by atoms with Crippen LogP contribution in [0.4, 0.5) is 0 Å². The van der Waals surface area contributed by atoms with Crippen molar-refractivity contribution >= 4 is 22.2 Å². The van der Waals surface area contributed by atoms with E-state index in [-0.39, 0.29) is 0 Å². The Hall–Kier alpha value is -1.72. The monoisotopic (exact) mass is 258 g/mol. The molecule has 0 atom stereocenters. The molecular formula is C13H14N4S. The predicted molar refractivity (Wildman–Crippen MR) is 73.5 cm³/mol. The van der Waals surface area contributed by atoms with E-state index in [0.29, 0.717) is 0 Å². The summed E-state index contributed by atoms with van der Waals surface area (Å²) in [5, 5.41) is 14.9. The van der Waals surface area contributed by atoms with Crippen molar-refractivity contribution in [3.05, 3.63) is 46.0 Å². The summed E-state index contributed by atoms with van der Waals surface area (Å²) in [5.41, 5.74) is 3.44. The van der Waals surface area contributed by atoms with Crippen molar-refractivity contribution in [1.82, 2.24) is 20.5 Å². The number of H-pyrrole nitrogens is 1. The summed E-state index contributed by atoms with van der Waals surface area (Å²) in [7, 11) is 0. The van der Waals surface area contributed by atoms with E-state index >= 15 is 0 Å². The maximum absolute atomic E-state index is 4.43. The van der Waals surface area contributed by atoms with Crippen LogP contribution in [0.2, 0.25) is 0 Å². The van der Waals surface area contributed by atoms with Crippen LogP contribution in [0.5, 0.6) is 0 Å². The number of nitrogens with zero attached hydrogens (tertiary/aromatic N) is 2. The van der Waals surface area contributed by atoms with Crippen LogP contribution >= 0.6 is 11.3 Å². The second kappa shape index (κ2) is 4.88. The average Bonchev–Trinajstić information content (AvgIpc) is 2.98. The molecule has 0 bridgehead atoms. The number of hydrogen-bond acceptors (Lipinski definition) is 4. The Morgan fingerprint density at radius 2 is 2.28 bits per heavy atom. The molecule has 0 aliphatic carbocycles. The highest BCUT2D eigenvalue weighted by molar-refractivity contribution is 7.09. The smallest absolute Gasteiger partial charge is 0.107 e. The fourth-order valence-electron chi connectivity index (χ4n) is 1.97. The highest BCUT2D eigenvalue weighted by Crippen LogP contribution is 2.15. The van der Waals surface area contributed by atoms with Gasteiger partial charge in [-0.1, -0.05) is 18.2 Å². The van der Waals surface area contributed by atoms with Crippen molar-refractivity contribution in [2.75, 3.05) is 0 Å². The Morgan fingerprint density at radius 1 is 1.33 bits per heavy atom. The van der Waals surface area contributed by atoms with Crippen LogP contribution in [0.1, 0.15) is 16.3 Å². The molecule has 4 nitrogen and oxygen atoms in total. The predicted octanol–water partition coefficient (Wildman–Crippen LogP) is 2.62. The Morgan fingerprint density at radius 3 is 3.11 bits per heavy atom. The van der Waals surface area contributed by atoms with Gasteiger partial charge in [0.25, 0.3) is 0 Å².